The number of rotatable bonds is 5. The number of hydrogen-bond acceptors (Lipinski definition) is 6. The first kappa shape index (κ1) is 18.0. The van der Waals surface area contributed by atoms with Crippen LogP contribution in [0.3, 0.4) is 0 Å². The monoisotopic (exact) mass is 387 g/mol. The van der Waals surface area contributed by atoms with Crippen LogP contribution in [0.25, 0.3) is 5.78 Å². The number of anilines is 1. The van der Waals surface area contributed by atoms with Gasteiger partial charge in [0, 0.05) is 50.4 Å². The topological polar surface area (TPSA) is 81.6 Å². The van der Waals surface area contributed by atoms with Crippen molar-refractivity contribution >= 4 is 23.3 Å². The molecule has 2 aromatic heterocycles. The second-order valence-corrected chi connectivity index (χ2v) is 7.22. The molecule has 3 aromatic rings. The van der Waals surface area contributed by atoms with Crippen molar-refractivity contribution in [1.29, 1.82) is 0 Å². The van der Waals surface area contributed by atoms with E-state index in [1.165, 1.54) is 4.52 Å². The molecule has 2 N–H and O–H groups in total. The van der Waals surface area contributed by atoms with Crippen molar-refractivity contribution < 1.29 is 0 Å². The Bertz CT molecular complexity index is 991. The zero-order valence-electron chi connectivity index (χ0n) is 15.2. The molecule has 0 saturated carbocycles. The van der Waals surface area contributed by atoms with E-state index in [4.69, 9.17) is 11.6 Å². The van der Waals surface area contributed by atoms with E-state index >= 15 is 0 Å². The Morgan fingerprint density at radius 2 is 1.96 bits per heavy atom. The fraction of sp³-hybridized carbons (Fsp3) is 0.389. The van der Waals surface area contributed by atoms with Crippen molar-refractivity contribution in [3.8, 4) is 0 Å². The molecule has 0 aliphatic carbocycles. The summed E-state index contributed by atoms with van der Waals surface area (Å²) in [6, 6.07) is 9.17. The number of likely N-dealkylation sites (N-methyl/N-ethyl adjacent to an activating group) is 1. The molecule has 1 aliphatic heterocycles. The maximum Gasteiger partial charge on any atom is 0.274 e. The van der Waals surface area contributed by atoms with Gasteiger partial charge in [-0.05, 0) is 18.7 Å². The van der Waals surface area contributed by atoms with Gasteiger partial charge in [-0.3, -0.25) is 14.8 Å². The van der Waals surface area contributed by atoms with Crippen LogP contribution in [0.1, 0.15) is 11.3 Å². The molecule has 0 radical (unpaired) electrons. The minimum Gasteiger partial charge on any atom is -0.350 e. The van der Waals surface area contributed by atoms with Gasteiger partial charge in [-0.1, -0.05) is 29.8 Å². The van der Waals surface area contributed by atoms with Gasteiger partial charge in [-0.2, -0.15) is 9.50 Å². The molecule has 8 nitrogen and oxygen atoms in total. The molecular formula is C18H22ClN7O. The third-order valence-corrected chi connectivity index (χ3v) is 5.14. The third-order valence-electron chi connectivity index (χ3n) is 4.77. The smallest absolute Gasteiger partial charge is 0.274 e. The van der Waals surface area contributed by atoms with E-state index in [9.17, 15) is 4.79 Å². The van der Waals surface area contributed by atoms with Crippen molar-refractivity contribution in [2.45, 2.75) is 13.1 Å². The SMILES string of the molecule is CN1CCN(Cc2cc(=O)n3[nH]c(NCc4ccccc4Cl)nc3n2)CC1. The number of aromatic amines is 1. The Morgan fingerprint density at radius 1 is 1.19 bits per heavy atom. The zero-order valence-corrected chi connectivity index (χ0v) is 15.9. The molecule has 4 rings (SSSR count). The Labute approximate surface area is 161 Å². The van der Waals surface area contributed by atoms with E-state index in [2.05, 4.69) is 37.2 Å². The number of aromatic nitrogens is 4. The Morgan fingerprint density at radius 3 is 2.74 bits per heavy atom. The number of piperazine rings is 1. The van der Waals surface area contributed by atoms with Gasteiger partial charge in [0.25, 0.3) is 11.3 Å². The minimum absolute atomic E-state index is 0.164. The Hall–Kier alpha value is -2.42. The lowest BCUT2D eigenvalue weighted by Crippen LogP contribution is -2.44. The normalized spacial score (nSPS) is 16.1. The molecule has 0 bridgehead atoms. The summed E-state index contributed by atoms with van der Waals surface area (Å²) in [6.45, 7) is 5.17. The molecule has 9 heteroatoms. The molecule has 27 heavy (non-hydrogen) atoms. The van der Waals surface area contributed by atoms with Crippen LogP contribution < -0.4 is 10.9 Å². The second kappa shape index (κ2) is 7.67. The number of benzene rings is 1. The average Bonchev–Trinajstić information content (AvgIpc) is 3.07. The van der Waals surface area contributed by atoms with E-state index < -0.39 is 0 Å². The average molecular weight is 388 g/mol. The van der Waals surface area contributed by atoms with Crippen molar-refractivity contribution in [3.63, 3.8) is 0 Å². The molecule has 1 fully saturated rings. The largest absolute Gasteiger partial charge is 0.350 e. The van der Waals surface area contributed by atoms with Crippen molar-refractivity contribution in [3.05, 3.63) is 57.0 Å². The number of H-pyrrole nitrogens is 1. The third kappa shape index (κ3) is 4.13. The summed E-state index contributed by atoms with van der Waals surface area (Å²) in [4.78, 5) is 26.0. The van der Waals surface area contributed by atoms with Crippen molar-refractivity contribution in [1.82, 2.24) is 29.4 Å². The fourth-order valence-corrected chi connectivity index (χ4v) is 3.35. The van der Waals surface area contributed by atoms with Crippen LogP contribution in [0.5, 0.6) is 0 Å². The first-order valence-electron chi connectivity index (χ1n) is 8.95. The van der Waals surface area contributed by atoms with E-state index in [1.807, 2.05) is 24.3 Å². The van der Waals surface area contributed by atoms with Crippen LogP contribution in [-0.4, -0.2) is 62.6 Å². The predicted molar refractivity (Wildman–Crippen MR) is 105 cm³/mol. The summed E-state index contributed by atoms with van der Waals surface area (Å²) in [5.41, 5.74) is 1.53. The molecule has 0 unspecified atom stereocenters. The van der Waals surface area contributed by atoms with Crippen LogP contribution in [0, 0.1) is 0 Å². The van der Waals surface area contributed by atoms with Gasteiger partial charge >= 0.3 is 0 Å². The van der Waals surface area contributed by atoms with Gasteiger partial charge < -0.3 is 10.2 Å². The van der Waals surface area contributed by atoms with Crippen molar-refractivity contribution in [2.24, 2.45) is 0 Å². The molecule has 0 spiro atoms. The highest BCUT2D eigenvalue weighted by atomic mass is 35.5. The predicted octanol–water partition coefficient (Wildman–Crippen LogP) is 1.43. The first-order valence-corrected chi connectivity index (χ1v) is 9.33. The van der Waals surface area contributed by atoms with Gasteiger partial charge in [-0.15, -0.1) is 0 Å². The molecule has 3 heterocycles. The fourth-order valence-electron chi connectivity index (χ4n) is 3.14. The molecule has 0 amide bonds. The number of fused-ring (bicyclic) bond motifs is 1. The lowest BCUT2D eigenvalue weighted by molar-refractivity contribution is 0.147. The number of nitrogens with zero attached hydrogens (tertiary/aromatic N) is 5. The van der Waals surface area contributed by atoms with E-state index in [1.54, 1.807) is 6.07 Å². The lowest BCUT2D eigenvalue weighted by atomic mass is 10.2. The van der Waals surface area contributed by atoms with E-state index in [0.29, 0.717) is 29.8 Å². The Kier molecular flexibility index (Phi) is 5.11. The summed E-state index contributed by atoms with van der Waals surface area (Å²) < 4.78 is 1.35. The molecule has 1 aliphatic rings. The molecular weight excluding hydrogens is 366 g/mol. The van der Waals surface area contributed by atoms with Crippen LogP contribution in [0.15, 0.2) is 35.1 Å². The summed E-state index contributed by atoms with van der Waals surface area (Å²) in [6.07, 6.45) is 0. The van der Waals surface area contributed by atoms with Gasteiger partial charge in [-0.25, -0.2) is 4.98 Å². The number of nitrogens with one attached hydrogen (secondary N) is 2. The van der Waals surface area contributed by atoms with Gasteiger partial charge in [0.2, 0.25) is 5.95 Å². The standard InChI is InChI=1S/C18H22ClN7O/c1-24-6-8-25(9-7-24)12-14-10-16(27)26-18(21-14)22-17(23-26)20-11-13-4-2-3-5-15(13)19/h2-5,10H,6-9,11-12H2,1H3,(H2,20,21,22,23). The van der Waals surface area contributed by atoms with Gasteiger partial charge in [0.05, 0.1) is 5.69 Å². The molecule has 1 saturated heterocycles. The summed E-state index contributed by atoms with van der Waals surface area (Å²) in [7, 11) is 2.12. The summed E-state index contributed by atoms with van der Waals surface area (Å²) in [5, 5.41) is 6.79. The van der Waals surface area contributed by atoms with Crippen molar-refractivity contribution in [2.75, 3.05) is 38.5 Å². The van der Waals surface area contributed by atoms with Crippen LogP contribution in [0.4, 0.5) is 5.95 Å². The first-order chi connectivity index (χ1) is 13.1. The summed E-state index contributed by atoms with van der Waals surface area (Å²) >= 11 is 6.17. The van der Waals surface area contributed by atoms with E-state index in [-0.39, 0.29) is 5.56 Å². The molecule has 1 aromatic carbocycles. The lowest BCUT2D eigenvalue weighted by Gasteiger charge is -2.31. The highest BCUT2D eigenvalue weighted by molar-refractivity contribution is 6.31. The maximum atomic E-state index is 12.4. The molecule has 0 atom stereocenters. The van der Waals surface area contributed by atoms with Gasteiger partial charge in [0.1, 0.15) is 0 Å². The van der Waals surface area contributed by atoms with E-state index in [0.717, 1.165) is 37.4 Å². The highest BCUT2D eigenvalue weighted by Crippen LogP contribution is 2.16. The summed E-state index contributed by atoms with van der Waals surface area (Å²) in [5.74, 6) is 0.851. The van der Waals surface area contributed by atoms with Crippen LogP contribution in [-0.2, 0) is 13.1 Å². The number of halogens is 1. The quantitative estimate of drug-likeness (QED) is 0.689. The van der Waals surface area contributed by atoms with Crippen LogP contribution >= 0.6 is 11.6 Å². The minimum atomic E-state index is -0.164. The maximum absolute atomic E-state index is 12.4. The molecule has 142 valence electrons. The Balaban J connectivity index is 1.49. The number of hydrogen-bond donors (Lipinski definition) is 2. The van der Waals surface area contributed by atoms with Crippen LogP contribution in [0.2, 0.25) is 5.02 Å². The zero-order chi connectivity index (χ0) is 18.8. The van der Waals surface area contributed by atoms with Gasteiger partial charge in [0.15, 0.2) is 0 Å². The highest BCUT2D eigenvalue weighted by Gasteiger charge is 2.16. The second-order valence-electron chi connectivity index (χ2n) is 6.82.